The molecule has 0 saturated carbocycles. The van der Waals surface area contributed by atoms with Crippen LogP contribution >= 0.6 is 11.3 Å². The number of benzene rings is 2. The first kappa shape index (κ1) is 22.4. The predicted molar refractivity (Wildman–Crippen MR) is 123 cm³/mol. The van der Waals surface area contributed by atoms with Crippen LogP contribution in [0.1, 0.15) is 49.9 Å². The van der Waals surface area contributed by atoms with Crippen molar-refractivity contribution in [3.8, 4) is 0 Å². The molecule has 0 unspecified atom stereocenters. The van der Waals surface area contributed by atoms with E-state index >= 15 is 0 Å². The molecule has 1 amide bonds. The number of hydrogen-bond acceptors (Lipinski definition) is 5. The lowest BCUT2D eigenvalue weighted by atomic mass is 10.2. The van der Waals surface area contributed by atoms with Gasteiger partial charge in [0.2, 0.25) is 10.0 Å². The summed E-state index contributed by atoms with van der Waals surface area (Å²) >= 11 is 1.27. The molecule has 0 radical (unpaired) electrons. The average Bonchev–Trinajstić information content (AvgIpc) is 3.15. The monoisotopic (exact) mass is 445 g/mol. The van der Waals surface area contributed by atoms with Crippen molar-refractivity contribution in [2.24, 2.45) is 0 Å². The Bertz CT molecular complexity index is 1090. The van der Waals surface area contributed by atoms with E-state index in [-0.39, 0.29) is 10.8 Å². The molecule has 8 heteroatoms. The van der Waals surface area contributed by atoms with Gasteiger partial charge in [-0.2, -0.15) is 4.31 Å². The zero-order valence-electron chi connectivity index (χ0n) is 17.3. The molecule has 0 aliphatic carbocycles. The van der Waals surface area contributed by atoms with Gasteiger partial charge in [-0.1, -0.05) is 56.2 Å². The van der Waals surface area contributed by atoms with Gasteiger partial charge in [0.25, 0.3) is 5.91 Å². The molecular weight excluding hydrogens is 418 g/mol. The minimum Gasteiger partial charge on any atom is -0.298 e. The van der Waals surface area contributed by atoms with Crippen LogP contribution in [0.15, 0.2) is 53.4 Å². The Kier molecular flexibility index (Phi) is 7.58. The number of carbonyl (C=O) groups is 1. The molecule has 0 aliphatic rings. The van der Waals surface area contributed by atoms with E-state index in [4.69, 9.17) is 0 Å². The van der Waals surface area contributed by atoms with Crippen molar-refractivity contribution in [3.05, 3.63) is 54.1 Å². The number of unbranched alkanes of at least 4 members (excludes halogenated alkanes) is 2. The van der Waals surface area contributed by atoms with Crippen LogP contribution in [-0.4, -0.2) is 36.7 Å². The SMILES string of the molecule is CCCCN(CCCC)S(=O)(=O)c1ccc2nc(NC(=O)c3ccccc3)sc2c1. The molecule has 3 rings (SSSR count). The van der Waals surface area contributed by atoms with E-state index in [9.17, 15) is 13.2 Å². The smallest absolute Gasteiger partial charge is 0.257 e. The lowest BCUT2D eigenvalue weighted by Crippen LogP contribution is -2.33. The summed E-state index contributed by atoms with van der Waals surface area (Å²) in [6.45, 7) is 5.16. The maximum absolute atomic E-state index is 13.2. The third-order valence-electron chi connectivity index (χ3n) is 4.78. The normalized spacial score (nSPS) is 11.8. The fourth-order valence-electron chi connectivity index (χ4n) is 3.05. The maximum atomic E-state index is 13.2. The van der Waals surface area contributed by atoms with E-state index < -0.39 is 10.0 Å². The number of sulfonamides is 1. The number of fused-ring (bicyclic) bond motifs is 1. The molecule has 1 N–H and O–H groups in total. The molecule has 0 bridgehead atoms. The molecule has 0 fully saturated rings. The number of nitrogens with one attached hydrogen (secondary N) is 1. The Morgan fingerprint density at radius 2 is 1.70 bits per heavy atom. The Labute approximate surface area is 182 Å². The highest BCUT2D eigenvalue weighted by molar-refractivity contribution is 7.89. The van der Waals surface area contributed by atoms with Crippen LogP contribution in [0, 0.1) is 0 Å². The number of aromatic nitrogens is 1. The van der Waals surface area contributed by atoms with Gasteiger partial charge >= 0.3 is 0 Å². The van der Waals surface area contributed by atoms with E-state index in [2.05, 4.69) is 24.1 Å². The van der Waals surface area contributed by atoms with Crippen LogP contribution in [0.25, 0.3) is 10.2 Å². The van der Waals surface area contributed by atoms with E-state index in [1.54, 1.807) is 46.8 Å². The predicted octanol–water partition coefficient (Wildman–Crippen LogP) is 5.14. The first-order valence-corrected chi connectivity index (χ1v) is 12.5. The molecule has 2 aromatic carbocycles. The first-order valence-electron chi connectivity index (χ1n) is 10.2. The summed E-state index contributed by atoms with van der Waals surface area (Å²) < 4.78 is 28.7. The quantitative estimate of drug-likeness (QED) is 0.469. The number of hydrogen-bond donors (Lipinski definition) is 1. The van der Waals surface area contributed by atoms with Crippen LogP contribution in [0.3, 0.4) is 0 Å². The lowest BCUT2D eigenvalue weighted by Gasteiger charge is -2.21. The highest BCUT2D eigenvalue weighted by Gasteiger charge is 2.24. The molecule has 1 heterocycles. The lowest BCUT2D eigenvalue weighted by molar-refractivity contribution is 0.102. The third kappa shape index (κ3) is 5.24. The summed E-state index contributed by atoms with van der Waals surface area (Å²) in [6, 6.07) is 13.9. The molecule has 30 heavy (non-hydrogen) atoms. The molecule has 1 aromatic heterocycles. The minimum atomic E-state index is -3.57. The van der Waals surface area contributed by atoms with Gasteiger partial charge in [0, 0.05) is 18.7 Å². The van der Waals surface area contributed by atoms with Gasteiger partial charge in [0.15, 0.2) is 5.13 Å². The number of carbonyl (C=O) groups excluding carboxylic acids is 1. The summed E-state index contributed by atoms with van der Waals surface area (Å²) in [5.41, 5.74) is 1.21. The standard InChI is InChI=1S/C22H27N3O3S2/c1-3-5-14-25(15-6-4-2)30(27,28)18-12-13-19-20(16-18)29-22(23-19)24-21(26)17-10-8-7-9-11-17/h7-13,16H,3-6,14-15H2,1-2H3,(H,23,24,26). The van der Waals surface area contributed by atoms with Crippen molar-refractivity contribution in [1.29, 1.82) is 0 Å². The number of thiazole rings is 1. The van der Waals surface area contributed by atoms with Gasteiger partial charge in [-0.3, -0.25) is 10.1 Å². The second kappa shape index (κ2) is 10.1. The van der Waals surface area contributed by atoms with Crippen molar-refractivity contribution in [3.63, 3.8) is 0 Å². The average molecular weight is 446 g/mol. The van der Waals surface area contributed by atoms with Crippen LogP contribution in [-0.2, 0) is 10.0 Å². The zero-order valence-corrected chi connectivity index (χ0v) is 18.9. The topological polar surface area (TPSA) is 79.4 Å². The van der Waals surface area contributed by atoms with Crippen LogP contribution in [0.4, 0.5) is 5.13 Å². The van der Waals surface area contributed by atoms with Crippen molar-refractivity contribution in [1.82, 2.24) is 9.29 Å². The van der Waals surface area contributed by atoms with Gasteiger partial charge in [-0.25, -0.2) is 13.4 Å². The summed E-state index contributed by atoms with van der Waals surface area (Å²) in [7, 11) is -3.57. The fraction of sp³-hybridized carbons (Fsp3) is 0.364. The molecule has 0 aliphatic heterocycles. The molecule has 6 nitrogen and oxygen atoms in total. The second-order valence-electron chi connectivity index (χ2n) is 7.08. The summed E-state index contributed by atoms with van der Waals surface area (Å²) in [5, 5.41) is 3.24. The Balaban J connectivity index is 1.84. The van der Waals surface area contributed by atoms with E-state index in [1.165, 1.54) is 11.3 Å². The molecule has 160 valence electrons. The van der Waals surface area contributed by atoms with Gasteiger partial charge in [-0.05, 0) is 43.2 Å². The molecule has 0 spiro atoms. The summed E-state index contributed by atoms with van der Waals surface area (Å²) in [4.78, 5) is 17.1. The van der Waals surface area contributed by atoms with Gasteiger partial charge < -0.3 is 0 Å². The van der Waals surface area contributed by atoms with Crippen molar-refractivity contribution >= 4 is 42.6 Å². The van der Waals surface area contributed by atoms with Crippen molar-refractivity contribution in [2.45, 2.75) is 44.4 Å². The third-order valence-corrected chi connectivity index (χ3v) is 7.60. The number of amides is 1. The van der Waals surface area contributed by atoms with E-state index in [1.807, 2.05) is 6.07 Å². The number of nitrogens with zero attached hydrogens (tertiary/aromatic N) is 2. The van der Waals surface area contributed by atoms with Crippen molar-refractivity contribution in [2.75, 3.05) is 18.4 Å². The first-order chi connectivity index (χ1) is 14.5. The van der Waals surface area contributed by atoms with Crippen LogP contribution < -0.4 is 5.32 Å². The fourth-order valence-corrected chi connectivity index (χ4v) is 5.57. The highest BCUT2D eigenvalue weighted by Crippen LogP contribution is 2.29. The Morgan fingerprint density at radius 3 is 2.33 bits per heavy atom. The van der Waals surface area contributed by atoms with Gasteiger partial charge in [0.1, 0.15) is 0 Å². The molecule has 3 aromatic rings. The number of rotatable bonds is 10. The summed E-state index contributed by atoms with van der Waals surface area (Å²) in [6.07, 6.45) is 3.55. The summed E-state index contributed by atoms with van der Waals surface area (Å²) in [5.74, 6) is -0.243. The molecular formula is C22H27N3O3S2. The number of anilines is 1. The van der Waals surface area contributed by atoms with Crippen LogP contribution in [0.2, 0.25) is 0 Å². The highest BCUT2D eigenvalue weighted by atomic mass is 32.2. The maximum Gasteiger partial charge on any atom is 0.257 e. The van der Waals surface area contributed by atoms with E-state index in [0.29, 0.717) is 29.3 Å². The van der Waals surface area contributed by atoms with E-state index in [0.717, 1.165) is 30.4 Å². The Hall–Kier alpha value is -2.29. The second-order valence-corrected chi connectivity index (χ2v) is 10.0. The largest absolute Gasteiger partial charge is 0.298 e. The Morgan fingerprint density at radius 1 is 1.03 bits per heavy atom. The molecule has 0 atom stereocenters. The molecule has 0 saturated heterocycles. The van der Waals surface area contributed by atoms with Crippen molar-refractivity contribution < 1.29 is 13.2 Å². The van der Waals surface area contributed by atoms with Gasteiger partial charge in [0.05, 0.1) is 15.1 Å². The zero-order chi connectivity index (χ0) is 21.6. The minimum absolute atomic E-state index is 0.243. The van der Waals surface area contributed by atoms with Crippen LogP contribution in [0.5, 0.6) is 0 Å². The van der Waals surface area contributed by atoms with Gasteiger partial charge in [-0.15, -0.1) is 0 Å².